The van der Waals surface area contributed by atoms with Gasteiger partial charge in [-0.25, -0.2) is 0 Å². The molecule has 0 saturated heterocycles. The molecule has 0 aromatic heterocycles. The highest BCUT2D eigenvalue weighted by Gasteiger charge is 2.31. The highest BCUT2D eigenvalue weighted by molar-refractivity contribution is 6.57. The summed E-state index contributed by atoms with van der Waals surface area (Å²) >= 11 is 0. The minimum atomic E-state index is -3.73. The van der Waals surface area contributed by atoms with Crippen molar-refractivity contribution >= 4 is 8.80 Å². The lowest BCUT2D eigenvalue weighted by Crippen LogP contribution is -2.37. The summed E-state index contributed by atoms with van der Waals surface area (Å²) in [6.45, 7) is 3.12. The van der Waals surface area contributed by atoms with Gasteiger partial charge in [0.2, 0.25) is 0 Å². The van der Waals surface area contributed by atoms with Gasteiger partial charge in [0.1, 0.15) is 0 Å². The van der Waals surface area contributed by atoms with E-state index in [1.807, 2.05) is 0 Å². The van der Waals surface area contributed by atoms with Crippen molar-refractivity contribution < 1.29 is 14.4 Å². The van der Waals surface area contributed by atoms with Gasteiger partial charge in [-0.05, 0) is 0 Å². The molecule has 0 amide bonds. The second-order valence-corrected chi connectivity index (χ2v) is 4.37. The van der Waals surface area contributed by atoms with E-state index in [9.17, 15) is 0 Å². The monoisotopic (exact) mass is 122 g/mol. The van der Waals surface area contributed by atoms with Gasteiger partial charge in [-0.1, -0.05) is 13.8 Å². The molecule has 3 nitrogen and oxygen atoms in total. The van der Waals surface area contributed by atoms with E-state index in [0.717, 1.165) is 0 Å². The van der Waals surface area contributed by atoms with Crippen LogP contribution in [0.15, 0.2) is 0 Å². The van der Waals surface area contributed by atoms with Gasteiger partial charge < -0.3 is 14.4 Å². The molecule has 0 bridgehead atoms. The van der Waals surface area contributed by atoms with Gasteiger partial charge in [0.25, 0.3) is 0 Å². The molecule has 0 aliphatic heterocycles. The van der Waals surface area contributed by atoms with E-state index in [4.69, 9.17) is 14.4 Å². The minimum absolute atomic E-state index is 0.396. The molecule has 0 radical (unpaired) electrons. The lowest BCUT2D eigenvalue weighted by atomic mass is 10.6. The van der Waals surface area contributed by atoms with Gasteiger partial charge in [-0.2, -0.15) is 0 Å². The van der Waals surface area contributed by atoms with Gasteiger partial charge in [0.15, 0.2) is 0 Å². The molecule has 4 heteroatoms. The van der Waals surface area contributed by atoms with Gasteiger partial charge in [-0.3, -0.25) is 0 Å². The molecular formula is C3H10O3Si. The summed E-state index contributed by atoms with van der Waals surface area (Å²) < 4.78 is 0. The quantitative estimate of drug-likeness (QED) is 0.403. The third kappa shape index (κ3) is 2.75. The van der Waals surface area contributed by atoms with Gasteiger partial charge in [-0.15, -0.1) is 0 Å². The maximum atomic E-state index is 8.34. The standard InChI is InChI=1S/C3H10O3Si/c1-3(2)7(4,5)6/h3-6H,1-2H3. The summed E-state index contributed by atoms with van der Waals surface area (Å²) in [5, 5.41) is 0. The van der Waals surface area contributed by atoms with Crippen LogP contribution in [0.5, 0.6) is 0 Å². The summed E-state index contributed by atoms with van der Waals surface area (Å²) in [5.41, 5.74) is -0.396. The van der Waals surface area contributed by atoms with Gasteiger partial charge in [0.05, 0.1) is 0 Å². The molecule has 0 aromatic carbocycles. The molecule has 0 rings (SSSR count). The molecular weight excluding hydrogens is 112 g/mol. The average Bonchev–Trinajstić information content (AvgIpc) is 1.31. The molecule has 3 N–H and O–H groups in total. The summed E-state index contributed by atoms with van der Waals surface area (Å²) in [6, 6.07) is 0. The summed E-state index contributed by atoms with van der Waals surface area (Å²) in [7, 11) is -3.73. The Morgan fingerprint density at radius 2 is 1.29 bits per heavy atom. The predicted octanol–water partition coefficient (Wildman–Crippen LogP) is -0.688. The Balaban J connectivity index is 3.54. The molecule has 0 unspecified atom stereocenters. The van der Waals surface area contributed by atoms with Crippen LogP contribution in [0.3, 0.4) is 0 Å². The number of rotatable bonds is 1. The van der Waals surface area contributed by atoms with Crippen molar-refractivity contribution in [2.24, 2.45) is 0 Å². The molecule has 0 saturated carbocycles. The first-order chi connectivity index (χ1) is 2.94. The van der Waals surface area contributed by atoms with Crippen LogP contribution in [0.25, 0.3) is 0 Å². The largest absolute Gasteiger partial charge is 0.495 e. The Labute approximate surface area is 43.6 Å². The first kappa shape index (κ1) is 7.10. The first-order valence-electron chi connectivity index (χ1n) is 2.11. The van der Waals surface area contributed by atoms with Crippen molar-refractivity contribution in [3.8, 4) is 0 Å². The molecule has 0 aromatic rings. The second kappa shape index (κ2) is 1.91. The smallest absolute Gasteiger partial charge is 0.390 e. The average molecular weight is 122 g/mol. The Bertz CT molecular complexity index is 55.7. The lowest BCUT2D eigenvalue weighted by Gasteiger charge is -2.11. The van der Waals surface area contributed by atoms with E-state index < -0.39 is 14.3 Å². The summed E-state index contributed by atoms with van der Waals surface area (Å²) in [6.07, 6.45) is 0. The fourth-order valence-electron chi connectivity index (χ4n) is 0. The molecule has 0 fully saturated rings. The fourth-order valence-corrected chi connectivity index (χ4v) is 0. The summed E-state index contributed by atoms with van der Waals surface area (Å²) in [4.78, 5) is 25.0. The predicted molar refractivity (Wildman–Crippen MR) is 27.5 cm³/mol. The highest BCUT2D eigenvalue weighted by Crippen LogP contribution is 2.08. The Morgan fingerprint density at radius 3 is 1.29 bits per heavy atom. The van der Waals surface area contributed by atoms with Crippen LogP contribution in [0.2, 0.25) is 5.54 Å². The van der Waals surface area contributed by atoms with E-state index in [1.165, 1.54) is 0 Å². The van der Waals surface area contributed by atoms with Crippen LogP contribution in [0.4, 0.5) is 0 Å². The Kier molecular flexibility index (Phi) is 1.94. The maximum absolute atomic E-state index is 8.34. The minimum Gasteiger partial charge on any atom is -0.390 e. The summed E-state index contributed by atoms with van der Waals surface area (Å²) in [5.74, 6) is 0. The molecule has 0 aliphatic rings. The molecule has 0 atom stereocenters. The third-order valence-electron chi connectivity index (χ3n) is 0.775. The van der Waals surface area contributed by atoms with E-state index in [1.54, 1.807) is 13.8 Å². The normalized spacial score (nSPS) is 12.9. The molecule has 0 heterocycles. The Morgan fingerprint density at radius 1 is 1.14 bits per heavy atom. The van der Waals surface area contributed by atoms with Crippen LogP contribution >= 0.6 is 0 Å². The van der Waals surface area contributed by atoms with Crippen molar-refractivity contribution in [3.63, 3.8) is 0 Å². The van der Waals surface area contributed by atoms with Crippen LogP contribution in [-0.2, 0) is 0 Å². The van der Waals surface area contributed by atoms with Crippen molar-refractivity contribution in [1.29, 1.82) is 0 Å². The number of hydrogen-bond acceptors (Lipinski definition) is 3. The second-order valence-electron chi connectivity index (χ2n) is 1.84. The zero-order valence-electron chi connectivity index (χ0n) is 4.42. The molecule has 7 heavy (non-hydrogen) atoms. The fraction of sp³-hybridized carbons (Fsp3) is 1.00. The van der Waals surface area contributed by atoms with Crippen molar-refractivity contribution in [3.05, 3.63) is 0 Å². The maximum Gasteiger partial charge on any atom is 0.495 e. The lowest BCUT2D eigenvalue weighted by molar-refractivity contribution is 0.216. The van der Waals surface area contributed by atoms with Crippen LogP contribution < -0.4 is 0 Å². The zero-order valence-corrected chi connectivity index (χ0v) is 5.42. The number of hydrogen-bond donors (Lipinski definition) is 3. The third-order valence-corrected chi connectivity index (χ3v) is 2.32. The molecule has 44 valence electrons. The van der Waals surface area contributed by atoms with Crippen molar-refractivity contribution in [2.45, 2.75) is 19.4 Å². The topological polar surface area (TPSA) is 60.7 Å². The zero-order chi connectivity index (χ0) is 6.08. The van der Waals surface area contributed by atoms with Crippen molar-refractivity contribution in [2.75, 3.05) is 0 Å². The van der Waals surface area contributed by atoms with Crippen LogP contribution in [0, 0.1) is 0 Å². The van der Waals surface area contributed by atoms with E-state index in [-0.39, 0.29) is 0 Å². The molecule has 0 aliphatic carbocycles. The Hall–Kier alpha value is 0.0969. The SMILES string of the molecule is CC(C)[Si](O)(O)O. The van der Waals surface area contributed by atoms with E-state index in [0.29, 0.717) is 0 Å². The van der Waals surface area contributed by atoms with Gasteiger partial charge >= 0.3 is 8.80 Å². The first-order valence-corrected chi connectivity index (χ1v) is 4.03. The van der Waals surface area contributed by atoms with Crippen LogP contribution in [0.1, 0.15) is 13.8 Å². The van der Waals surface area contributed by atoms with Gasteiger partial charge in [0, 0.05) is 5.54 Å². The van der Waals surface area contributed by atoms with Crippen molar-refractivity contribution in [1.82, 2.24) is 0 Å². The van der Waals surface area contributed by atoms with E-state index in [2.05, 4.69) is 0 Å². The van der Waals surface area contributed by atoms with E-state index >= 15 is 0 Å². The van der Waals surface area contributed by atoms with Crippen LogP contribution in [-0.4, -0.2) is 23.2 Å². The molecule has 0 spiro atoms. The highest BCUT2D eigenvalue weighted by atomic mass is 28.4.